The van der Waals surface area contributed by atoms with Gasteiger partial charge in [0.05, 0.1) is 4.90 Å². The van der Waals surface area contributed by atoms with Gasteiger partial charge in [0.2, 0.25) is 10.0 Å². The summed E-state index contributed by atoms with van der Waals surface area (Å²) in [7, 11) is -3.45. The number of anilines is 1. The fourth-order valence-electron chi connectivity index (χ4n) is 1.95. The molecule has 7 heteroatoms. The van der Waals surface area contributed by atoms with Gasteiger partial charge >= 0.3 is 0 Å². The second kappa shape index (κ2) is 7.14. The van der Waals surface area contributed by atoms with Gasteiger partial charge in [-0.3, -0.25) is 5.84 Å². The van der Waals surface area contributed by atoms with Crippen LogP contribution in [0.4, 0.5) is 5.69 Å². The molecule has 0 spiro atoms. The second-order valence-electron chi connectivity index (χ2n) is 4.33. The van der Waals surface area contributed by atoms with E-state index in [1.165, 1.54) is 0 Å². The molecule has 108 valence electrons. The standard InChI is InChI=1S/C12H21N3O2S2/c1-9-7-11(15-13)8-10(2)12(9)19(16,17)14-5-4-6-18-3/h7-8,14-15H,4-6,13H2,1-3H3. The summed E-state index contributed by atoms with van der Waals surface area (Å²) in [6.07, 6.45) is 2.82. The largest absolute Gasteiger partial charge is 0.324 e. The van der Waals surface area contributed by atoms with Gasteiger partial charge in [0, 0.05) is 12.2 Å². The van der Waals surface area contributed by atoms with Crippen molar-refractivity contribution in [2.75, 3.05) is 24.0 Å². The molecule has 0 aromatic heterocycles. The maximum Gasteiger partial charge on any atom is 0.241 e. The Hall–Kier alpha value is -0.760. The molecule has 1 rings (SSSR count). The topological polar surface area (TPSA) is 84.2 Å². The van der Waals surface area contributed by atoms with Crippen LogP contribution in [0.5, 0.6) is 0 Å². The fourth-order valence-corrected chi connectivity index (χ4v) is 3.91. The zero-order chi connectivity index (χ0) is 14.5. The summed E-state index contributed by atoms with van der Waals surface area (Å²) < 4.78 is 27.2. The van der Waals surface area contributed by atoms with Crippen LogP contribution in [0.15, 0.2) is 17.0 Å². The van der Waals surface area contributed by atoms with E-state index < -0.39 is 10.0 Å². The van der Waals surface area contributed by atoms with Crippen molar-refractivity contribution >= 4 is 27.5 Å². The first-order valence-electron chi connectivity index (χ1n) is 5.99. The molecule has 19 heavy (non-hydrogen) atoms. The van der Waals surface area contributed by atoms with Gasteiger partial charge < -0.3 is 5.43 Å². The summed E-state index contributed by atoms with van der Waals surface area (Å²) in [5, 5.41) is 0. The summed E-state index contributed by atoms with van der Waals surface area (Å²) in [5.74, 6) is 6.28. The number of rotatable bonds is 7. The first kappa shape index (κ1) is 16.3. The van der Waals surface area contributed by atoms with E-state index in [9.17, 15) is 8.42 Å². The van der Waals surface area contributed by atoms with Crippen molar-refractivity contribution in [1.29, 1.82) is 0 Å². The molecule has 0 saturated carbocycles. The van der Waals surface area contributed by atoms with Gasteiger partial charge in [-0.1, -0.05) is 0 Å². The van der Waals surface area contributed by atoms with Crippen molar-refractivity contribution in [3.63, 3.8) is 0 Å². The second-order valence-corrected chi connectivity index (χ2v) is 7.02. The van der Waals surface area contributed by atoms with Gasteiger partial charge in [0.25, 0.3) is 0 Å². The average Bonchev–Trinajstić information content (AvgIpc) is 2.33. The predicted octanol–water partition coefficient (Wildman–Crippen LogP) is 1.62. The Kier molecular flexibility index (Phi) is 6.12. The van der Waals surface area contributed by atoms with Crippen molar-refractivity contribution in [3.8, 4) is 0 Å². The lowest BCUT2D eigenvalue weighted by Gasteiger charge is -2.13. The van der Waals surface area contributed by atoms with Crippen molar-refractivity contribution in [2.24, 2.45) is 5.84 Å². The average molecular weight is 303 g/mol. The van der Waals surface area contributed by atoms with Crippen LogP contribution in [-0.2, 0) is 10.0 Å². The number of thioether (sulfide) groups is 1. The minimum atomic E-state index is -3.45. The highest BCUT2D eigenvalue weighted by Crippen LogP contribution is 2.23. The number of hydrazine groups is 1. The lowest BCUT2D eigenvalue weighted by molar-refractivity contribution is 0.580. The number of nitrogen functional groups attached to an aromatic ring is 1. The van der Waals surface area contributed by atoms with E-state index in [4.69, 9.17) is 5.84 Å². The molecule has 0 unspecified atom stereocenters. The van der Waals surface area contributed by atoms with E-state index in [1.807, 2.05) is 6.26 Å². The maximum absolute atomic E-state index is 12.3. The van der Waals surface area contributed by atoms with E-state index in [-0.39, 0.29) is 0 Å². The summed E-state index contributed by atoms with van der Waals surface area (Å²) >= 11 is 1.70. The smallest absolute Gasteiger partial charge is 0.241 e. The highest BCUT2D eigenvalue weighted by atomic mass is 32.2. The van der Waals surface area contributed by atoms with Crippen molar-refractivity contribution in [1.82, 2.24) is 4.72 Å². The monoisotopic (exact) mass is 303 g/mol. The zero-order valence-electron chi connectivity index (χ0n) is 11.5. The summed E-state index contributed by atoms with van der Waals surface area (Å²) in [4.78, 5) is 0.343. The third-order valence-corrected chi connectivity index (χ3v) is 5.18. The van der Waals surface area contributed by atoms with Crippen LogP contribution in [0.1, 0.15) is 17.5 Å². The van der Waals surface area contributed by atoms with Gasteiger partial charge in [0.15, 0.2) is 0 Å². The quantitative estimate of drug-likeness (QED) is 0.405. The van der Waals surface area contributed by atoms with E-state index in [0.717, 1.165) is 12.2 Å². The van der Waals surface area contributed by atoms with Gasteiger partial charge in [-0.05, 0) is 55.5 Å². The molecule has 0 atom stereocenters. The summed E-state index contributed by atoms with van der Waals surface area (Å²) in [6, 6.07) is 3.45. The molecule has 1 aromatic rings. The molecule has 0 aliphatic heterocycles. The number of hydrogen-bond acceptors (Lipinski definition) is 5. The number of benzene rings is 1. The van der Waals surface area contributed by atoms with Crippen LogP contribution in [0.25, 0.3) is 0 Å². The van der Waals surface area contributed by atoms with Crippen molar-refractivity contribution in [2.45, 2.75) is 25.2 Å². The summed E-state index contributed by atoms with van der Waals surface area (Å²) in [6.45, 7) is 3.99. The maximum atomic E-state index is 12.3. The highest BCUT2D eigenvalue weighted by molar-refractivity contribution is 7.98. The molecule has 0 amide bonds. The fraction of sp³-hybridized carbons (Fsp3) is 0.500. The Morgan fingerprint density at radius 1 is 1.26 bits per heavy atom. The van der Waals surface area contributed by atoms with E-state index in [2.05, 4.69) is 10.1 Å². The number of aryl methyl sites for hydroxylation is 2. The molecule has 0 heterocycles. The lowest BCUT2D eigenvalue weighted by atomic mass is 10.1. The lowest BCUT2D eigenvalue weighted by Crippen LogP contribution is -2.26. The third-order valence-electron chi connectivity index (χ3n) is 2.71. The molecule has 1 aromatic carbocycles. The number of nitrogens with one attached hydrogen (secondary N) is 2. The molecule has 0 bridgehead atoms. The minimum absolute atomic E-state index is 0.343. The first-order valence-corrected chi connectivity index (χ1v) is 8.86. The van der Waals surface area contributed by atoms with Crippen LogP contribution < -0.4 is 16.0 Å². The van der Waals surface area contributed by atoms with Gasteiger partial charge in [-0.15, -0.1) is 0 Å². The van der Waals surface area contributed by atoms with E-state index in [1.54, 1.807) is 37.7 Å². The molecule has 4 N–H and O–H groups in total. The van der Waals surface area contributed by atoms with Crippen LogP contribution in [0, 0.1) is 13.8 Å². The van der Waals surface area contributed by atoms with Gasteiger partial charge in [0.1, 0.15) is 0 Å². The third kappa shape index (κ3) is 4.38. The van der Waals surface area contributed by atoms with E-state index >= 15 is 0 Å². The molecule has 0 aliphatic carbocycles. The number of nitrogens with two attached hydrogens (primary N) is 1. The van der Waals surface area contributed by atoms with Crippen LogP contribution in [0.3, 0.4) is 0 Å². The van der Waals surface area contributed by atoms with Gasteiger partial charge in [-0.25, -0.2) is 13.1 Å². The van der Waals surface area contributed by atoms with Crippen LogP contribution in [-0.4, -0.2) is 27.0 Å². The molecule has 5 nitrogen and oxygen atoms in total. The van der Waals surface area contributed by atoms with Crippen LogP contribution >= 0.6 is 11.8 Å². The molecule has 0 radical (unpaired) electrons. The Morgan fingerprint density at radius 2 is 1.84 bits per heavy atom. The molecule has 0 aliphatic rings. The zero-order valence-corrected chi connectivity index (χ0v) is 13.1. The molecule has 0 saturated heterocycles. The van der Waals surface area contributed by atoms with E-state index in [0.29, 0.717) is 28.3 Å². The Balaban J connectivity index is 2.95. The normalized spacial score (nSPS) is 11.6. The molecular formula is C12H21N3O2S2. The van der Waals surface area contributed by atoms with Crippen molar-refractivity contribution < 1.29 is 8.42 Å². The highest BCUT2D eigenvalue weighted by Gasteiger charge is 2.19. The Bertz CT molecular complexity index is 507. The SMILES string of the molecule is CSCCCNS(=O)(=O)c1c(C)cc(NN)cc1C. The predicted molar refractivity (Wildman–Crippen MR) is 81.9 cm³/mol. The Labute approximate surface area is 119 Å². The number of hydrogen-bond donors (Lipinski definition) is 3. The molecule has 0 fully saturated rings. The van der Waals surface area contributed by atoms with Crippen molar-refractivity contribution in [3.05, 3.63) is 23.3 Å². The first-order chi connectivity index (χ1) is 8.92. The Morgan fingerprint density at radius 3 is 2.32 bits per heavy atom. The molecular weight excluding hydrogens is 282 g/mol. The number of sulfonamides is 1. The van der Waals surface area contributed by atoms with Gasteiger partial charge in [-0.2, -0.15) is 11.8 Å². The summed E-state index contributed by atoms with van der Waals surface area (Å²) in [5.41, 5.74) is 4.61. The minimum Gasteiger partial charge on any atom is -0.324 e. The van der Waals surface area contributed by atoms with Crippen LogP contribution in [0.2, 0.25) is 0 Å².